The average molecular weight is 444 g/mol. The fourth-order valence-electron chi connectivity index (χ4n) is 3.70. The molecule has 9 heteroatoms. The first-order valence-corrected chi connectivity index (χ1v) is 11.5. The van der Waals surface area contributed by atoms with E-state index in [9.17, 15) is 17.6 Å². The van der Waals surface area contributed by atoms with E-state index in [4.69, 9.17) is 4.74 Å². The smallest absolute Gasteiger partial charge is 0.255 e. The summed E-state index contributed by atoms with van der Waals surface area (Å²) in [4.78, 5) is 13.2. The van der Waals surface area contributed by atoms with Gasteiger partial charge in [-0.1, -0.05) is 12.1 Å². The number of amides is 1. The Kier molecular flexibility index (Phi) is 5.30. The van der Waals surface area contributed by atoms with Gasteiger partial charge in [0.05, 0.1) is 35.4 Å². The fraction of sp³-hybridized carbons (Fsp3) is 0.273. The maximum atomic E-state index is 13.3. The summed E-state index contributed by atoms with van der Waals surface area (Å²) in [5, 5.41) is 7.44. The standard InChI is InChI=1S/C22H22FN3O4S/c1-22(10-11-31(28,29)14-22)24-21(27)19-13-26(17-8-6-16(23)7-9-17)25-20(19)15-4-3-5-18(12-15)30-2/h3-9,12-13H,10-11,14H2,1-2H3,(H,24,27). The molecule has 3 aromatic rings. The second-order valence-electron chi connectivity index (χ2n) is 7.90. The number of carbonyl (C=O) groups excluding carboxylic acids is 1. The van der Waals surface area contributed by atoms with Crippen molar-refractivity contribution in [3.63, 3.8) is 0 Å². The van der Waals surface area contributed by atoms with Gasteiger partial charge in [-0.05, 0) is 49.7 Å². The maximum Gasteiger partial charge on any atom is 0.255 e. The van der Waals surface area contributed by atoms with Crippen LogP contribution in [0.15, 0.2) is 54.7 Å². The van der Waals surface area contributed by atoms with Gasteiger partial charge in [-0.2, -0.15) is 5.10 Å². The van der Waals surface area contributed by atoms with E-state index in [2.05, 4.69) is 10.4 Å². The molecular formula is C22H22FN3O4S. The van der Waals surface area contributed by atoms with Crippen molar-refractivity contribution >= 4 is 15.7 Å². The van der Waals surface area contributed by atoms with Gasteiger partial charge in [-0.25, -0.2) is 17.5 Å². The van der Waals surface area contributed by atoms with E-state index in [0.29, 0.717) is 29.1 Å². The second kappa shape index (κ2) is 7.81. The van der Waals surface area contributed by atoms with Crippen molar-refractivity contribution in [3.8, 4) is 22.7 Å². The first-order chi connectivity index (χ1) is 14.7. The molecule has 7 nitrogen and oxygen atoms in total. The molecule has 1 saturated heterocycles. The third-order valence-electron chi connectivity index (χ3n) is 5.31. The molecule has 31 heavy (non-hydrogen) atoms. The normalized spacial score (nSPS) is 19.8. The zero-order chi connectivity index (χ0) is 22.2. The quantitative estimate of drug-likeness (QED) is 0.655. The van der Waals surface area contributed by atoms with Gasteiger partial charge in [-0.15, -0.1) is 0 Å². The molecule has 1 aliphatic rings. The SMILES string of the molecule is COc1cccc(-c2nn(-c3ccc(F)cc3)cc2C(=O)NC2(C)CCS(=O)(=O)C2)c1. The minimum absolute atomic E-state index is 0.0430. The first-order valence-electron chi connectivity index (χ1n) is 9.71. The van der Waals surface area contributed by atoms with Gasteiger partial charge in [0.25, 0.3) is 5.91 Å². The largest absolute Gasteiger partial charge is 0.497 e. The monoisotopic (exact) mass is 443 g/mol. The highest BCUT2D eigenvalue weighted by Crippen LogP contribution is 2.29. The van der Waals surface area contributed by atoms with E-state index in [1.807, 2.05) is 0 Å². The summed E-state index contributed by atoms with van der Waals surface area (Å²) >= 11 is 0. The van der Waals surface area contributed by atoms with Crippen molar-refractivity contribution in [1.29, 1.82) is 0 Å². The van der Waals surface area contributed by atoms with E-state index < -0.39 is 21.3 Å². The highest BCUT2D eigenvalue weighted by molar-refractivity contribution is 7.91. The fourth-order valence-corrected chi connectivity index (χ4v) is 5.79. The third-order valence-corrected chi connectivity index (χ3v) is 7.21. The summed E-state index contributed by atoms with van der Waals surface area (Å²) in [5.74, 6) is -0.259. The minimum atomic E-state index is -3.18. The number of carbonyl (C=O) groups is 1. The summed E-state index contributed by atoms with van der Waals surface area (Å²) < 4.78 is 44.0. The zero-order valence-electron chi connectivity index (χ0n) is 17.1. The number of hydrogen-bond donors (Lipinski definition) is 1. The highest BCUT2D eigenvalue weighted by Gasteiger charge is 2.40. The molecule has 162 valence electrons. The number of nitrogens with zero attached hydrogens (tertiary/aromatic N) is 2. The molecule has 2 aromatic carbocycles. The van der Waals surface area contributed by atoms with Crippen molar-refractivity contribution < 1.29 is 22.3 Å². The van der Waals surface area contributed by atoms with E-state index in [-0.39, 0.29) is 22.9 Å². The predicted octanol–water partition coefficient (Wildman–Crippen LogP) is 2.99. The Morgan fingerprint density at radius 2 is 1.97 bits per heavy atom. The Balaban J connectivity index is 1.76. The van der Waals surface area contributed by atoms with Crippen LogP contribution in [0.25, 0.3) is 16.9 Å². The summed E-state index contributed by atoms with van der Waals surface area (Å²) in [6.45, 7) is 1.73. The Labute approximate surface area is 179 Å². The van der Waals surface area contributed by atoms with Crippen LogP contribution in [0.5, 0.6) is 5.75 Å². The molecule has 0 saturated carbocycles. The summed E-state index contributed by atoms with van der Waals surface area (Å²) in [6.07, 6.45) is 1.91. The number of halogens is 1. The Morgan fingerprint density at radius 3 is 2.61 bits per heavy atom. The number of rotatable bonds is 5. The predicted molar refractivity (Wildman–Crippen MR) is 115 cm³/mol. The number of hydrogen-bond acceptors (Lipinski definition) is 5. The van der Waals surface area contributed by atoms with Crippen LogP contribution in [-0.4, -0.2) is 48.3 Å². The number of nitrogens with one attached hydrogen (secondary N) is 1. The molecule has 1 fully saturated rings. The number of aromatic nitrogens is 2. The van der Waals surface area contributed by atoms with Gasteiger partial charge in [-0.3, -0.25) is 4.79 Å². The van der Waals surface area contributed by atoms with Crippen molar-refractivity contribution in [2.24, 2.45) is 0 Å². The number of benzene rings is 2. The molecule has 0 spiro atoms. The van der Waals surface area contributed by atoms with Crippen LogP contribution in [-0.2, 0) is 9.84 Å². The van der Waals surface area contributed by atoms with E-state index in [0.717, 1.165) is 0 Å². The van der Waals surface area contributed by atoms with Crippen LogP contribution in [0.2, 0.25) is 0 Å². The van der Waals surface area contributed by atoms with E-state index in [1.54, 1.807) is 56.6 Å². The van der Waals surface area contributed by atoms with Crippen LogP contribution in [0.3, 0.4) is 0 Å². The molecule has 0 bridgehead atoms. The van der Waals surface area contributed by atoms with E-state index in [1.165, 1.54) is 16.8 Å². The molecule has 1 unspecified atom stereocenters. The van der Waals surface area contributed by atoms with Crippen molar-refractivity contribution in [2.75, 3.05) is 18.6 Å². The number of methoxy groups -OCH3 is 1. The Morgan fingerprint density at radius 1 is 1.23 bits per heavy atom. The Bertz CT molecular complexity index is 1240. The zero-order valence-corrected chi connectivity index (χ0v) is 17.9. The molecule has 1 N–H and O–H groups in total. The van der Waals surface area contributed by atoms with Crippen molar-refractivity contribution in [2.45, 2.75) is 18.9 Å². The number of sulfone groups is 1. The van der Waals surface area contributed by atoms with Gasteiger partial charge in [0.1, 0.15) is 17.3 Å². The van der Waals surface area contributed by atoms with Gasteiger partial charge >= 0.3 is 0 Å². The molecule has 0 radical (unpaired) electrons. The number of ether oxygens (including phenoxy) is 1. The molecule has 1 atom stereocenters. The summed E-state index contributed by atoms with van der Waals surface area (Å²) in [6, 6.07) is 12.9. The lowest BCUT2D eigenvalue weighted by molar-refractivity contribution is 0.0916. The lowest BCUT2D eigenvalue weighted by Crippen LogP contribution is -2.47. The highest BCUT2D eigenvalue weighted by atomic mass is 32.2. The lowest BCUT2D eigenvalue weighted by Gasteiger charge is -2.23. The van der Waals surface area contributed by atoms with Gasteiger partial charge < -0.3 is 10.1 Å². The second-order valence-corrected chi connectivity index (χ2v) is 10.1. The maximum absolute atomic E-state index is 13.3. The van der Waals surface area contributed by atoms with Crippen molar-refractivity contribution in [3.05, 3.63) is 66.1 Å². The molecule has 4 rings (SSSR count). The van der Waals surface area contributed by atoms with Crippen molar-refractivity contribution in [1.82, 2.24) is 15.1 Å². The van der Waals surface area contributed by atoms with Crippen LogP contribution < -0.4 is 10.1 Å². The topological polar surface area (TPSA) is 90.3 Å². The molecular weight excluding hydrogens is 421 g/mol. The van der Waals surface area contributed by atoms with Crippen LogP contribution >= 0.6 is 0 Å². The Hall–Kier alpha value is -3.20. The van der Waals surface area contributed by atoms with Crippen LogP contribution in [0, 0.1) is 5.82 Å². The van der Waals surface area contributed by atoms with E-state index >= 15 is 0 Å². The van der Waals surface area contributed by atoms with Gasteiger partial charge in [0, 0.05) is 11.8 Å². The van der Waals surface area contributed by atoms with Gasteiger partial charge in [0.2, 0.25) is 0 Å². The lowest BCUT2D eigenvalue weighted by atomic mass is 10.0. The first kappa shape index (κ1) is 21.0. The van der Waals surface area contributed by atoms with Gasteiger partial charge in [0.15, 0.2) is 9.84 Å². The molecule has 1 aromatic heterocycles. The van der Waals surface area contributed by atoms with Crippen LogP contribution in [0.1, 0.15) is 23.7 Å². The summed E-state index contributed by atoms with van der Waals surface area (Å²) in [7, 11) is -1.64. The third kappa shape index (κ3) is 4.46. The molecule has 2 heterocycles. The molecule has 0 aliphatic carbocycles. The summed E-state index contributed by atoms with van der Waals surface area (Å²) in [5.41, 5.74) is 1.08. The molecule has 1 amide bonds. The average Bonchev–Trinajstić information content (AvgIpc) is 3.29. The van der Waals surface area contributed by atoms with Crippen LogP contribution in [0.4, 0.5) is 4.39 Å². The minimum Gasteiger partial charge on any atom is -0.497 e. The molecule has 1 aliphatic heterocycles.